The lowest BCUT2D eigenvalue weighted by Crippen LogP contribution is -2.16. The highest BCUT2D eigenvalue weighted by molar-refractivity contribution is 9.10. The molecule has 0 atom stereocenters. The van der Waals surface area contributed by atoms with Crippen LogP contribution in [0.1, 0.15) is 33.0 Å². The minimum Gasteiger partial charge on any atom is -0.456 e. The molecule has 0 radical (unpaired) electrons. The molecule has 0 N–H and O–H groups in total. The van der Waals surface area contributed by atoms with Gasteiger partial charge in [-0.3, -0.25) is 9.20 Å². The first-order chi connectivity index (χ1) is 14.3. The van der Waals surface area contributed by atoms with E-state index in [2.05, 4.69) is 20.9 Å². The zero-order valence-corrected chi connectivity index (χ0v) is 18.4. The summed E-state index contributed by atoms with van der Waals surface area (Å²) in [6.07, 6.45) is 1.65. The Hall–Kier alpha value is -3.19. The number of nitrogens with zero attached hydrogens (tertiary/aromatic N) is 3. The van der Waals surface area contributed by atoms with Crippen LogP contribution in [0.5, 0.6) is 0 Å². The summed E-state index contributed by atoms with van der Waals surface area (Å²) in [4.78, 5) is 29.4. The van der Waals surface area contributed by atoms with Gasteiger partial charge in [0.05, 0.1) is 11.3 Å². The van der Waals surface area contributed by atoms with Crippen molar-refractivity contribution in [3.05, 3.63) is 97.8 Å². The Kier molecular flexibility index (Phi) is 5.30. The molecule has 3 aromatic heterocycles. The highest BCUT2D eigenvalue weighted by Crippen LogP contribution is 2.22. The number of rotatable bonds is 4. The maximum Gasteiger partial charge on any atom is 0.340 e. The second-order valence-electron chi connectivity index (χ2n) is 7.19. The smallest absolute Gasteiger partial charge is 0.340 e. The Bertz CT molecular complexity index is 1320. The Labute approximate surface area is 181 Å². The molecule has 0 amide bonds. The van der Waals surface area contributed by atoms with Gasteiger partial charge >= 0.3 is 5.97 Å². The molecule has 7 heteroatoms. The van der Waals surface area contributed by atoms with Crippen LogP contribution in [0.2, 0.25) is 0 Å². The van der Waals surface area contributed by atoms with Crippen molar-refractivity contribution in [3.8, 4) is 5.69 Å². The summed E-state index contributed by atoms with van der Waals surface area (Å²) in [6.45, 7) is 5.80. The standard InChI is InChI=1S/C23H20BrN3O3/c1-14-4-7-19(8-5-14)27-15(2)10-20(16(27)3)23(29)30-13-18-11-22(28)26-12-17(24)6-9-21(26)25-18/h4-12H,13H2,1-3H3. The normalized spacial score (nSPS) is 11.1. The molecule has 0 fully saturated rings. The van der Waals surface area contributed by atoms with Crippen LogP contribution in [-0.4, -0.2) is 19.9 Å². The number of pyridine rings is 1. The molecule has 4 aromatic rings. The molecule has 30 heavy (non-hydrogen) atoms. The molecular weight excluding hydrogens is 446 g/mol. The maximum absolute atomic E-state index is 12.7. The third-order valence-electron chi connectivity index (χ3n) is 4.97. The predicted octanol–water partition coefficient (Wildman–Crippen LogP) is 4.53. The number of halogens is 1. The second-order valence-corrected chi connectivity index (χ2v) is 8.11. The fraction of sp³-hybridized carbons (Fsp3) is 0.174. The number of benzene rings is 1. The van der Waals surface area contributed by atoms with E-state index in [0.29, 0.717) is 16.9 Å². The molecule has 4 rings (SSSR count). The summed E-state index contributed by atoms with van der Waals surface area (Å²) >= 11 is 3.34. The molecule has 0 saturated carbocycles. The van der Waals surface area contributed by atoms with Gasteiger partial charge in [0.15, 0.2) is 0 Å². The zero-order chi connectivity index (χ0) is 21.4. The van der Waals surface area contributed by atoms with E-state index in [1.807, 2.05) is 55.7 Å². The Morgan fingerprint density at radius 1 is 1.07 bits per heavy atom. The van der Waals surface area contributed by atoms with Crippen LogP contribution < -0.4 is 5.56 Å². The molecule has 0 unspecified atom stereocenters. The average molecular weight is 466 g/mol. The van der Waals surface area contributed by atoms with Crippen molar-refractivity contribution < 1.29 is 9.53 Å². The molecule has 3 heterocycles. The summed E-state index contributed by atoms with van der Waals surface area (Å²) in [5.41, 5.74) is 5.07. The minimum absolute atomic E-state index is 0.0746. The van der Waals surface area contributed by atoms with E-state index >= 15 is 0 Å². The van der Waals surface area contributed by atoms with Gasteiger partial charge in [-0.25, -0.2) is 9.78 Å². The van der Waals surface area contributed by atoms with Crippen LogP contribution in [0.4, 0.5) is 0 Å². The van der Waals surface area contributed by atoms with Gasteiger partial charge in [0, 0.05) is 33.8 Å². The van der Waals surface area contributed by atoms with Gasteiger partial charge < -0.3 is 9.30 Å². The number of carbonyl (C=O) groups excluding carboxylic acids is 1. The van der Waals surface area contributed by atoms with E-state index in [0.717, 1.165) is 21.5 Å². The Balaban J connectivity index is 1.57. The number of hydrogen-bond donors (Lipinski definition) is 0. The second kappa shape index (κ2) is 7.91. The molecule has 0 aliphatic heterocycles. The van der Waals surface area contributed by atoms with Crippen molar-refractivity contribution in [3.63, 3.8) is 0 Å². The van der Waals surface area contributed by atoms with E-state index in [4.69, 9.17) is 4.74 Å². The van der Waals surface area contributed by atoms with Crippen LogP contribution >= 0.6 is 15.9 Å². The van der Waals surface area contributed by atoms with E-state index in [-0.39, 0.29) is 12.2 Å². The van der Waals surface area contributed by atoms with Crippen LogP contribution in [-0.2, 0) is 11.3 Å². The summed E-state index contributed by atoms with van der Waals surface area (Å²) < 4.78 is 9.71. The van der Waals surface area contributed by atoms with Crippen LogP contribution in [0.15, 0.2) is 64.0 Å². The minimum atomic E-state index is -0.445. The fourth-order valence-electron chi connectivity index (χ4n) is 3.48. The first-order valence-corrected chi connectivity index (χ1v) is 10.2. The molecular formula is C23H20BrN3O3. The third kappa shape index (κ3) is 3.80. The highest BCUT2D eigenvalue weighted by Gasteiger charge is 2.18. The van der Waals surface area contributed by atoms with E-state index in [9.17, 15) is 9.59 Å². The lowest BCUT2D eigenvalue weighted by Gasteiger charge is -2.10. The summed E-state index contributed by atoms with van der Waals surface area (Å²) in [7, 11) is 0. The molecule has 0 spiro atoms. The van der Waals surface area contributed by atoms with Gasteiger partial charge in [-0.1, -0.05) is 17.7 Å². The molecule has 0 bridgehead atoms. The molecule has 6 nitrogen and oxygen atoms in total. The molecule has 1 aromatic carbocycles. The van der Waals surface area contributed by atoms with Crippen molar-refractivity contribution in [2.75, 3.05) is 0 Å². The topological polar surface area (TPSA) is 65.6 Å². The van der Waals surface area contributed by atoms with E-state index in [1.165, 1.54) is 16.0 Å². The van der Waals surface area contributed by atoms with Crippen LogP contribution in [0.25, 0.3) is 11.3 Å². The average Bonchev–Trinajstić information content (AvgIpc) is 3.02. The van der Waals surface area contributed by atoms with Gasteiger partial charge in [0.25, 0.3) is 5.56 Å². The summed E-state index contributed by atoms with van der Waals surface area (Å²) in [6, 6.07) is 14.8. The van der Waals surface area contributed by atoms with Crippen molar-refractivity contribution in [1.29, 1.82) is 0 Å². The number of hydrogen-bond acceptors (Lipinski definition) is 4. The van der Waals surface area contributed by atoms with Crippen molar-refractivity contribution >= 4 is 27.5 Å². The lowest BCUT2D eigenvalue weighted by atomic mass is 10.2. The maximum atomic E-state index is 12.7. The Morgan fingerprint density at radius 3 is 2.53 bits per heavy atom. The fourth-order valence-corrected chi connectivity index (χ4v) is 3.81. The van der Waals surface area contributed by atoms with Gasteiger partial charge in [-0.2, -0.15) is 0 Å². The number of ether oxygens (including phenoxy) is 1. The van der Waals surface area contributed by atoms with Crippen molar-refractivity contribution in [1.82, 2.24) is 14.0 Å². The van der Waals surface area contributed by atoms with Gasteiger partial charge in [-0.05, 0) is 67.0 Å². The summed E-state index contributed by atoms with van der Waals surface area (Å²) in [5.74, 6) is -0.445. The van der Waals surface area contributed by atoms with Gasteiger partial charge in [0.2, 0.25) is 0 Å². The first kappa shape index (κ1) is 20.1. The molecule has 0 aliphatic rings. The van der Waals surface area contributed by atoms with E-state index in [1.54, 1.807) is 18.3 Å². The Morgan fingerprint density at radius 2 is 1.80 bits per heavy atom. The lowest BCUT2D eigenvalue weighted by molar-refractivity contribution is 0.0467. The molecule has 0 saturated heterocycles. The number of aryl methyl sites for hydroxylation is 2. The summed E-state index contributed by atoms with van der Waals surface area (Å²) in [5, 5.41) is 0. The predicted molar refractivity (Wildman–Crippen MR) is 118 cm³/mol. The molecule has 152 valence electrons. The van der Waals surface area contributed by atoms with Gasteiger partial charge in [0.1, 0.15) is 12.3 Å². The van der Waals surface area contributed by atoms with Crippen molar-refractivity contribution in [2.24, 2.45) is 0 Å². The molecule has 0 aliphatic carbocycles. The number of esters is 1. The van der Waals surface area contributed by atoms with E-state index < -0.39 is 5.97 Å². The number of aromatic nitrogens is 3. The monoisotopic (exact) mass is 465 g/mol. The van der Waals surface area contributed by atoms with Crippen LogP contribution in [0.3, 0.4) is 0 Å². The van der Waals surface area contributed by atoms with Crippen LogP contribution in [0, 0.1) is 20.8 Å². The number of carbonyl (C=O) groups is 1. The largest absolute Gasteiger partial charge is 0.456 e. The third-order valence-corrected chi connectivity index (χ3v) is 5.44. The highest BCUT2D eigenvalue weighted by atomic mass is 79.9. The quantitative estimate of drug-likeness (QED) is 0.415. The zero-order valence-electron chi connectivity index (χ0n) is 16.8. The first-order valence-electron chi connectivity index (χ1n) is 9.44. The number of fused-ring (bicyclic) bond motifs is 1. The SMILES string of the molecule is Cc1ccc(-n2c(C)cc(C(=O)OCc3cc(=O)n4cc(Br)ccc4n3)c2C)cc1. The van der Waals surface area contributed by atoms with Gasteiger partial charge in [-0.15, -0.1) is 0 Å². The van der Waals surface area contributed by atoms with Crippen molar-refractivity contribution in [2.45, 2.75) is 27.4 Å².